The maximum atomic E-state index is 13.0. The predicted molar refractivity (Wildman–Crippen MR) is 108 cm³/mol. The second-order valence-electron chi connectivity index (χ2n) is 7.74. The first-order chi connectivity index (χ1) is 13.0. The molecule has 0 unspecified atom stereocenters. The minimum Gasteiger partial charge on any atom is -0.353 e. The summed E-state index contributed by atoms with van der Waals surface area (Å²) in [6, 6.07) is 15.1. The van der Waals surface area contributed by atoms with E-state index in [1.807, 2.05) is 24.3 Å². The Morgan fingerprint density at radius 1 is 1.15 bits per heavy atom. The van der Waals surface area contributed by atoms with Gasteiger partial charge < -0.3 is 5.32 Å². The molecule has 1 aliphatic heterocycles. The predicted octanol–water partition coefficient (Wildman–Crippen LogP) is 4.40. The molecule has 5 heteroatoms. The maximum absolute atomic E-state index is 13.0. The zero-order valence-electron chi connectivity index (χ0n) is 15.3. The minimum atomic E-state index is -0.324. The van der Waals surface area contributed by atoms with Gasteiger partial charge in [-0.15, -0.1) is 0 Å². The van der Waals surface area contributed by atoms with Crippen LogP contribution in [0.1, 0.15) is 36.8 Å². The van der Waals surface area contributed by atoms with Crippen LogP contribution in [0.15, 0.2) is 53.0 Å². The largest absolute Gasteiger partial charge is 0.353 e. The molecule has 0 bridgehead atoms. The Morgan fingerprint density at radius 2 is 1.85 bits per heavy atom. The Kier molecular flexibility index (Phi) is 5.33. The van der Waals surface area contributed by atoms with Crippen molar-refractivity contribution >= 4 is 21.8 Å². The number of amides is 1. The number of hydrogen-bond acceptors (Lipinski definition) is 2. The number of hydrogen-bond donors (Lipinski definition) is 1. The van der Waals surface area contributed by atoms with Crippen molar-refractivity contribution in [2.45, 2.75) is 43.7 Å². The van der Waals surface area contributed by atoms with Gasteiger partial charge in [-0.1, -0.05) is 40.2 Å². The van der Waals surface area contributed by atoms with E-state index in [-0.39, 0.29) is 23.2 Å². The van der Waals surface area contributed by atoms with E-state index in [1.54, 1.807) is 0 Å². The van der Waals surface area contributed by atoms with Crippen LogP contribution in [0.3, 0.4) is 0 Å². The van der Waals surface area contributed by atoms with Crippen LogP contribution in [-0.4, -0.2) is 29.9 Å². The molecule has 0 aromatic heterocycles. The number of piperidine rings is 1. The molecule has 1 saturated heterocycles. The van der Waals surface area contributed by atoms with Crippen molar-refractivity contribution in [2.24, 2.45) is 0 Å². The average molecular weight is 431 g/mol. The molecule has 142 valence electrons. The molecule has 27 heavy (non-hydrogen) atoms. The SMILES string of the molecule is O=C(NC1CCN(Cc2ccc(F)cc2)CC1)C1(c2cccc(Br)c2)CC1. The van der Waals surface area contributed by atoms with E-state index in [4.69, 9.17) is 0 Å². The van der Waals surface area contributed by atoms with Gasteiger partial charge in [-0.25, -0.2) is 4.39 Å². The first kappa shape index (κ1) is 18.6. The molecule has 1 N–H and O–H groups in total. The Bertz CT molecular complexity index is 811. The van der Waals surface area contributed by atoms with Gasteiger partial charge in [0, 0.05) is 30.1 Å². The van der Waals surface area contributed by atoms with E-state index in [2.05, 4.69) is 38.3 Å². The van der Waals surface area contributed by atoms with E-state index in [9.17, 15) is 9.18 Å². The summed E-state index contributed by atoms with van der Waals surface area (Å²) in [6.07, 6.45) is 3.78. The molecule has 1 aliphatic carbocycles. The summed E-state index contributed by atoms with van der Waals surface area (Å²) in [7, 11) is 0. The summed E-state index contributed by atoms with van der Waals surface area (Å²) in [5, 5.41) is 3.30. The smallest absolute Gasteiger partial charge is 0.230 e. The zero-order valence-corrected chi connectivity index (χ0v) is 16.8. The topological polar surface area (TPSA) is 32.3 Å². The Balaban J connectivity index is 1.30. The standard InChI is InChI=1S/C22H24BrFN2O/c23-18-3-1-2-17(14-18)22(10-11-22)21(27)25-20-8-12-26(13-9-20)15-16-4-6-19(24)7-5-16/h1-7,14,20H,8-13,15H2,(H,25,27). The number of carbonyl (C=O) groups is 1. The highest BCUT2D eigenvalue weighted by Crippen LogP contribution is 2.49. The lowest BCUT2D eigenvalue weighted by Gasteiger charge is -2.33. The van der Waals surface area contributed by atoms with Crippen LogP contribution >= 0.6 is 15.9 Å². The number of halogens is 2. The van der Waals surface area contributed by atoms with Crippen LogP contribution in [0, 0.1) is 5.82 Å². The fourth-order valence-corrected chi connectivity index (χ4v) is 4.36. The van der Waals surface area contributed by atoms with E-state index >= 15 is 0 Å². The molecule has 2 aromatic carbocycles. The fourth-order valence-electron chi connectivity index (χ4n) is 3.96. The quantitative estimate of drug-likeness (QED) is 0.761. The second-order valence-corrected chi connectivity index (χ2v) is 8.66. The monoisotopic (exact) mass is 430 g/mol. The third kappa shape index (κ3) is 4.25. The number of benzene rings is 2. The van der Waals surface area contributed by atoms with Crippen molar-refractivity contribution in [3.63, 3.8) is 0 Å². The molecule has 4 rings (SSSR count). The van der Waals surface area contributed by atoms with Crippen molar-refractivity contribution in [1.29, 1.82) is 0 Å². The van der Waals surface area contributed by atoms with Crippen LogP contribution in [0.25, 0.3) is 0 Å². The normalized spacial score (nSPS) is 19.6. The summed E-state index contributed by atoms with van der Waals surface area (Å²) in [5.74, 6) is -0.0165. The number of carbonyl (C=O) groups excluding carboxylic acids is 1. The van der Waals surface area contributed by atoms with Crippen molar-refractivity contribution < 1.29 is 9.18 Å². The molecule has 0 radical (unpaired) electrons. The lowest BCUT2D eigenvalue weighted by Crippen LogP contribution is -2.47. The van der Waals surface area contributed by atoms with E-state index in [0.717, 1.165) is 60.9 Å². The van der Waals surface area contributed by atoms with Gasteiger partial charge in [-0.3, -0.25) is 9.69 Å². The van der Waals surface area contributed by atoms with Crippen molar-refractivity contribution in [1.82, 2.24) is 10.2 Å². The Labute approximate surface area is 168 Å². The third-order valence-electron chi connectivity index (χ3n) is 5.80. The highest BCUT2D eigenvalue weighted by molar-refractivity contribution is 9.10. The summed E-state index contributed by atoms with van der Waals surface area (Å²) in [5.41, 5.74) is 1.92. The molecular formula is C22H24BrFN2O. The minimum absolute atomic E-state index is 0.178. The first-order valence-corrected chi connectivity index (χ1v) is 10.4. The first-order valence-electron chi connectivity index (χ1n) is 9.59. The average Bonchev–Trinajstić information content (AvgIpc) is 3.47. The van der Waals surface area contributed by atoms with Gasteiger partial charge in [0.25, 0.3) is 0 Å². The van der Waals surface area contributed by atoms with Gasteiger partial charge in [0.05, 0.1) is 5.41 Å². The molecule has 0 atom stereocenters. The molecule has 0 spiro atoms. The van der Waals surface area contributed by atoms with Gasteiger partial charge in [-0.05, 0) is 61.1 Å². The summed E-state index contributed by atoms with van der Waals surface area (Å²) in [4.78, 5) is 15.3. The van der Waals surface area contributed by atoms with Gasteiger partial charge in [-0.2, -0.15) is 0 Å². The van der Waals surface area contributed by atoms with Gasteiger partial charge >= 0.3 is 0 Å². The number of nitrogens with zero attached hydrogens (tertiary/aromatic N) is 1. The Hall–Kier alpha value is -1.72. The fraction of sp³-hybridized carbons (Fsp3) is 0.409. The lowest BCUT2D eigenvalue weighted by molar-refractivity contribution is -0.124. The molecule has 1 saturated carbocycles. The Morgan fingerprint density at radius 3 is 2.48 bits per heavy atom. The molecule has 2 aromatic rings. The lowest BCUT2D eigenvalue weighted by atomic mass is 9.94. The summed E-state index contributed by atoms with van der Waals surface area (Å²) in [6.45, 7) is 2.74. The molecule has 2 aliphatic rings. The number of likely N-dealkylation sites (tertiary alicyclic amines) is 1. The van der Waals surface area contributed by atoms with Crippen LogP contribution in [0.5, 0.6) is 0 Å². The van der Waals surface area contributed by atoms with Gasteiger partial charge in [0.15, 0.2) is 0 Å². The highest BCUT2D eigenvalue weighted by atomic mass is 79.9. The van der Waals surface area contributed by atoms with E-state index in [0.29, 0.717) is 0 Å². The van der Waals surface area contributed by atoms with Crippen LogP contribution in [0.2, 0.25) is 0 Å². The second kappa shape index (κ2) is 7.72. The molecular weight excluding hydrogens is 407 g/mol. The maximum Gasteiger partial charge on any atom is 0.230 e. The number of rotatable bonds is 5. The van der Waals surface area contributed by atoms with Crippen LogP contribution in [-0.2, 0) is 16.8 Å². The van der Waals surface area contributed by atoms with Crippen molar-refractivity contribution in [2.75, 3.05) is 13.1 Å². The zero-order chi connectivity index (χ0) is 18.9. The highest BCUT2D eigenvalue weighted by Gasteiger charge is 2.51. The van der Waals surface area contributed by atoms with Crippen molar-refractivity contribution in [3.05, 3.63) is 69.9 Å². The summed E-state index contributed by atoms with van der Waals surface area (Å²) >= 11 is 3.51. The molecule has 1 heterocycles. The van der Waals surface area contributed by atoms with Gasteiger partial charge in [0.2, 0.25) is 5.91 Å². The number of nitrogens with one attached hydrogen (secondary N) is 1. The van der Waals surface area contributed by atoms with Crippen LogP contribution < -0.4 is 5.32 Å². The molecule has 1 amide bonds. The molecule has 3 nitrogen and oxygen atoms in total. The van der Waals surface area contributed by atoms with Crippen LogP contribution in [0.4, 0.5) is 4.39 Å². The van der Waals surface area contributed by atoms with Gasteiger partial charge in [0.1, 0.15) is 5.82 Å². The molecule has 2 fully saturated rings. The van der Waals surface area contributed by atoms with Crippen molar-refractivity contribution in [3.8, 4) is 0 Å². The summed E-state index contributed by atoms with van der Waals surface area (Å²) < 4.78 is 14.0. The third-order valence-corrected chi connectivity index (χ3v) is 6.30. The van der Waals surface area contributed by atoms with E-state index in [1.165, 1.54) is 12.1 Å². The van der Waals surface area contributed by atoms with E-state index < -0.39 is 0 Å².